The number of carbonyl (C=O) groups excluding carboxylic acids is 1. The number of rotatable bonds is 5. The first-order chi connectivity index (χ1) is 7.74. The van der Waals surface area contributed by atoms with Crippen molar-refractivity contribution in [3.63, 3.8) is 0 Å². The summed E-state index contributed by atoms with van der Waals surface area (Å²) < 4.78 is 4.77. The van der Waals surface area contributed by atoms with E-state index >= 15 is 0 Å². The Labute approximate surface area is 94.9 Å². The van der Waals surface area contributed by atoms with Crippen LogP contribution in [0.25, 0.3) is 0 Å². The zero-order valence-electron chi connectivity index (χ0n) is 9.42. The lowest BCUT2D eigenvalue weighted by molar-refractivity contribution is -0.155. The van der Waals surface area contributed by atoms with Gasteiger partial charge in [0.2, 0.25) is 6.10 Å². The Balaban J connectivity index is 2.40. The van der Waals surface area contributed by atoms with E-state index in [-0.39, 0.29) is 0 Å². The van der Waals surface area contributed by atoms with Crippen LogP contribution < -0.4 is 0 Å². The monoisotopic (exact) mass is 221 g/mol. The molecule has 4 nitrogen and oxygen atoms in total. The maximum atomic E-state index is 11.2. The van der Waals surface area contributed by atoms with Gasteiger partial charge < -0.3 is 9.57 Å². The maximum absolute atomic E-state index is 11.2. The summed E-state index contributed by atoms with van der Waals surface area (Å²) >= 11 is 0. The predicted molar refractivity (Wildman–Crippen MR) is 61.2 cm³/mol. The van der Waals surface area contributed by atoms with Crippen molar-refractivity contribution in [1.29, 1.82) is 0 Å². The van der Waals surface area contributed by atoms with Crippen LogP contribution in [0.5, 0.6) is 0 Å². The molecule has 0 amide bonds. The fraction of sp³-hybridized carbons (Fsp3) is 0.333. The van der Waals surface area contributed by atoms with E-state index in [9.17, 15) is 4.79 Å². The van der Waals surface area contributed by atoms with Gasteiger partial charge in [0.25, 0.3) is 0 Å². The molecule has 0 saturated heterocycles. The highest BCUT2D eigenvalue weighted by Crippen LogP contribution is 1.98. The normalized spacial score (nSPS) is 12.4. The van der Waals surface area contributed by atoms with Crippen molar-refractivity contribution >= 4 is 12.2 Å². The highest BCUT2D eigenvalue weighted by Gasteiger charge is 2.14. The van der Waals surface area contributed by atoms with Gasteiger partial charge in [0.1, 0.15) is 0 Å². The van der Waals surface area contributed by atoms with E-state index in [2.05, 4.69) is 5.16 Å². The first-order valence-corrected chi connectivity index (χ1v) is 5.15. The number of esters is 1. The van der Waals surface area contributed by atoms with Crippen LogP contribution in [0.15, 0.2) is 35.5 Å². The zero-order chi connectivity index (χ0) is 11.8. The third-order valence-corrected chi connectivity index (χ3v) is 1.84. The van der Waals surface area contributed by atoms with E-state index in [1.165, 1.54) is 0 Å². The molecule has 0 N–H and O–H groups in total. The Hall–Kier alpha value is -1.84. The number of carbonyl (C=O) groups is 1. The van der Waals surface area contributed by atoms with Gasteiger partial charge >= 0.3 is 5.97 Å². The molecule has 1 atom stereocenters. The second-order valence-electron chi connectivity index (χ2n) is 3.14. The van der Waals surface area contributed by atoms with Crippen LogP contribution >= 0.6 is 0 Å². The van der Waals surface area contributed by atoms with Gasteiger partial charge in [-0.15, -0.1) is 0 Å². The van der Waals surface area contributed by atoms with Crippen LogP contribution in [0.1, 0.15) is 19.4 Å². The van der Waals surface area contributed by atoms with E-state index in [4.69, 9.17) is 9.57 Å². The number of hydrogen-bond donors (Lipinski definition) is 0. The molecule has 1 aromatic carbocycles. The Morgan fingerprint density at radius 1 is 1.44 bits per heavy atom. The lowest BCUT2D eigenvalue weighted by atomic mass is 10.2. The number of oxime groups is 1. The second-order valence-corrected chi connectivity index (χ2v) is 3.14. The number of ether oxygens (including phenoxy) is 1. The van der Waals surface area contributed by atoms with Gasteiger partial charge in [0, 0.05) is 0 Å². The Bertz CT molecular complexity index is 349. The standard InChI is InChI=1S/C12H15NO3/c1-3-15-12(14)10(2)16-13-9-11-7-5-4-6-8-11/h4-10H,3H2,1-2H3/b13-9+. The summed E-state index contributed by atoms with van der Waals surface area (Å²) in [6.45, 7) is 3.69. The van der Waals surface area contributed by atoms with Crippen molar-refractivity contribution in [2.45, 2.75) is 20.0 Å². The van der Waals surface area contributed by atoms with Crippen LogP contribution in [0.4, 0.5) is 0 Å². The average molecular weight is 221 g/mol. The number of hydrogen-bond acceptors (Lipinski definition) is 4. The highest BCUT2D eigenvalue weighted by atomic mass is 16.7. The lowest BCUT2D eigenvalue weighted by Gasteiger charge is -2.07. The van der Waals surface area contributed by atoms with Gasteiger partial charge in [-0.05, 0) is 19.4 Å². The molecule has 0 aromatic heterocycles. The largest absolute Gasteiger partial charge is 0.463 e. The Morgan fingerprint density at radius 2 is 2.12 bits per heavy atom. The van der Waals surface area contributed by atoms with Gasteiger partial charge in [-0.25, -0.2) is 4.79 Å². The summed E-state index contributed by atoms with van der Waals surface area (Å²) in [6.07, 6.45) is 0.871. The molecule has 0 saturated carbocycles. The average Bonchev–Trinajstić information content (AvgIpc) is 2.30. The summed E-state index contributed by atoms with van der Waals surface area (Å²) in [6, 6.07) is 9.50. The predicted octanol–water partition coefficient (Wildman–Crippen LogP) is 1.99. The molecule has 0 aliphatic heterocycles. The summed E-state index contributed by atoms with van der Waals surface area (Å²) in [5.74, 6) is -0.410. The van der Waals surface area contributed by atoms with Crippen LogP contribution in [0.3, 0.4) is 0 Å². The minimum absolute atomic E-state index is 0.342. The molecule has 0 heterocycles. The van der Waals surface area contributed by atoms with Crippen molar-refractivity contribution in [1.82, 2.24) is 0 Å². The van der Waals surface area contributed by atoms with Gasteiger partial charge in [-0.2, -0.15) is 0 Å². The highest BCUT2D eigenvalue weighted by molar-refractivity contribution is 5.79. The third-order valence-electron chi connectivity index (χ3n) is 1.84. The fourth-order valence-corrected chi connectivity index (χ4v) is 1.02. The van der Waals surface area contributed by atoms with Crippen LogP contribution in [0.2, 0.25) is 0 Å². The Morgan fingerprint density at radius 3 is 2.75 bits per heavy atom. The number of benzene rings is 1. The molecule has 0 spiro atoms. The molecule has 0 aliphatic rings. The van der Waals surface area contributed by atoms with Gasteiger partial charge in [0.05, 0.1) is 12.8 Å². The molecule has 16 heavy (non-hydrogen) atoms. The van der Waals surface area contributed by atoms with E-state index in [1.807, 2.05) is 30.3 Å². The van der Waals surface area contributed by atoms with Crippen molar-refractivity contribution in [2.24, 2.45) is 5.16 Å². The van der Waals surface area contributed by atoms with E-state index in [0.29, 0.717) is 6.61 Å². The van der Waals surface area contributed by atoms with Crippen LogP contribution in [0, 0.1) is 0 Å². The molecule has 0 bridgehead atoms. The van der Waals surface area contributed by atoms with Crippen molar-refractivity contribution in [3.8, 4) is 0 Å². The molecule has 4 heteroatoms. The van der Waals surface area contributed by atoms with Gasteiger partial charge in [-0.3, -0.25) is 0 Å². The third kappa shape index (κ3) is 4.13. The quantitative estimate of drug-likeness (QED) is 0.434. The summed E-state index contributed by atoms with van der Waals surface area (Å²) in [4.78, 5) is 16.1. The zero-order valence-corrected chi connectivity index (χ0v) is 9.42. The molecule has 0 aliphatic carbocycles. The number of nitrogens with zero attached hydrogens (tertiary/aromatic N) is 1. The smallest absolute Gasteiger partial charge is 0.349 e. The van der Waals surface area contributed by atoms with Crippen molar-refractivity contribution in [3.05, 3.63) is 35.9 Å². The minimum atomic E-state index is -0.681. The van der Waals surface area contributed by atoms with Crippen molar-refractivity contribution in [2.75, 3.05) is 6.61 Å². The first-order valence-electron chi connectivity index (χ1n) is 5.15. The van der Waals surface area contributed by atoms with Crippen LogP contribution in [-0.4, -0.2) is 24.9 Å². The maximum Gasteiger partial charge on any atom is 0.349 e. The molecule has 0 fully saturated rings. The van der Waals surface area contributed by atoms with Crippen LogP contribution in [-0.2, 0) is 14.4 Å². The van der Waals surface area contributed by atoms with Gasteiger partial charge in [0.15, 0.2) is 0 Å². The second kappa shape index (κ2) is 6.61. The van der Waals surface area contributed by atoms with Gasteiger partial charge in [-0.1, -0.05) is 35.5 Å². The topological polar surface area (TPSA) is 47.9 Å². The molecular weight excluding hydrogens is 206 g/mol. The molecule has 1 unspecified atom stereocenters. The summed E-state index contributed by atoms with van der Waals surface area (Å²) in [7, 11) is 0. The fourth-order valence-electron chi connectivity index (χ4n) is 1.02. The van der Waals surface area contributed by atoms with Crippen molar-refractivity contribution < 1.29 is 14.4 Å². The molecule has 0 radical (unpaired) electrons. The van der Waals surface area contributed by atoms with E-state index < -0.39 is 12.1 Å². The summed E-state index contributed by atoms with van der Waals surface area (Å²) in [5, 5.41) is 3.72. The SMILES string of the molecule is CCOC(=O)C(C)O/N=C/c1ccccc1. The van der Waals surface area contributed by atoms with E-state index in [0.717, 1.165) is 5.56 Å². The molecular formula is C12H15NO3. The molecule has 86 valence electrons. The van der Waals surface area contributed by atoms with E-state index in [1.54, 1.807) is 20.1 Å². The lowest BCUT2D eigenvalue weighted by Crippen LogP contribution is -2.21. The first kappa shape index (κ1) is 12.2. The minimum Gasteiger partial charge on any atom is -0.463 e. The Kier molecular flexibility index (Phi) is 5.05. The molecule has 1 aromatic rings. The molecule has 1 rings (SSSR count). The summed E-state index contributed by atoms with van der Waals surface area (Å²) in [5.41, 5.74) is 0.915.